The highest BCUT2D eigenvalue weighted by Gasteiger charge is 2.39. The number of nitrogens with two attached hydrogens (primary N) is 1. The smallest absolute Gasteiger partial charge is 0.0266 e. The van der Waals surface area contributed by atoms with Crippen molar-refractivity contribution >= 4 is 0 Å². The molecule has 2 aliphatic carbocycles. The Morgan fingerprint density at radius 1 is 1.33 bits per heavy atom. The molecule has 0 aromatic carbocycles. The van der Waals surface area contributed by atoms with Crippen molar-refractivity contribution in [3.05, 3.63) is 0 Å². The maximum atomic E-state index is 5.77. The topological polar surface area (TPSA) is 38.0 Å². The first kappa shape index (κ1) is 11.4. The van der Waals surface area contributed by atoms with Gasteiger partial charge in [-0.25, -0.2) is 0 Å². The van der Waals surface area contributed by atoms with Crippen LogP contribution in [0.25, 0.3) is 0 Å². The standard InChI is InChI=1S/C13H26N2/c1-2-13(9-3-4-10-13)12(15-14)8-7-11-5-6-11/h11-12,15H,2-10,14H2,1H3. The van der Waals surface area contributed by atoms with Gasteiger partial charge in [0.05, 0.1) is 0 Å². The van der Waals surface area contributed by atoms with Crippen molar-refractivity contribution in [1.82, 2.24) is 5.43 Å². The highest BCUT2D eigenvalue weighted by Crippen LogP contribution is 2.46. The van der Waals surface area contributed by atoms with Crippen molar-refractivity contribution in [3.63, 3.8) is 0 Å². The number of hydrazine groups is 1. The Morgan fingerprint density at radius 2 is 2.00 bits per heavy atom. The molecule has 2 heteroatoms. The van der Waals surface area contributed by atoms with Crippen LogP contribution in [0.4, 0.5) is 0 Å². The lowest BCUT2D eigenvalue weighted by molar-refractivity contribution is 0.173. The van der Waals surface area contributed by atoms with Crippen LogP contribution in [0.15, 0.2) is 0 Å². The Hall–Kier alpha value is -0.0800. The minimum atomic E-state index is 0.531. The number of rotatable bonds is 6. The van der Waals surface area contributed by atoms with E-state index in [9.17, 15) is 0 Å². The summed E-state index contributed by atoms with van der Waals surface area (Å²) in [7, 11) is 0. The van der Waals surface area contributed by atoms with E-state index in [4.69, 9.17) is 5.84 Å². The molecule has 2 saturated carbocycles. The van der Waals surface area contributed by atoms with E-state index in [0.717, 1.165) is 5.92 Å². The average Bonchev–Trinajstić information content (AvgIpc) is 2.96. The van der Waals surface area contributed by atoms with E-state index >= 15 is 0 Å². The quantitative estimate of drug-likeness (QED) is 0.522. The monoisotopic (exact) mass is 210 g/mol. The number of hydrogen-bond acceptors (Lipinski definition) is 2. The molecule has 0 heterocycles. The van der Waals surface area contributed by atoms with E-state index in [-0.39, 0.29) is 0 Å². The molecule has 0 aromatic heterocycles. The SMILES string of the molecule is CCC1(C(CCC2CC2)NN)CCCC1. The zero-order chi connectivity index (χ0) is 10.7. The maximum Gasteiger partial charge on any atom is 0.0266 e. The zero-order valence-electron chi connectivity index (χ0n) is 10.1. The molecule has 2 nitrogen and oxygen atoms in total. The lowest BCUT2D eigenvalue weighted by Gasteiger charge is -2.36. The van der Waals surface area contributed by atoms with Gasteiger partial charge in [-0.05, 0) is 43.4 Å². The van der Waals surface area contributed by atoms with Gasteiger partial charge in [0, 0.05) is 6.04 Å². The molecule has 0 bridgehead atoms. The Bertz CT molecular complexity index is 193. The normalized spacial score (nSPS) is 26.8. The van der Waals surface area contributed by atoms with Gasteiger partial charge in [0.2, 0.25) is 0 Å². The van der Waals surface area contributed by atoms with Crippen molar-refractivity contribution in [2.24, 2.45) is 17.2 Å². The molecule has 0 spiro atoms. The molecule has 15 heavy (non-hydrogen) atoms. The molecule has 0 amide bonds. The summed E-state index contributed by atoms with van der Waals surface area (Å²) in [4.78, 5) is 0. The third-order valence-electron chi connectivity index (χ3n) is 4.80. The minimum Gasteiger partial charge on any atom is -0.271 e. The number of nitrogens with one attached hydrogen (secondary N) is 1. The lowest BCUT2D eigenvalue weighted by Crippen LogP contribution is -2.47. The zero-order valence-corrected chi connectivity index (χ0v) is 10.1. The largest absolute Gasteiger partial charge is 0.271 e. The summed E-state index contributed by atoms with van der Waals surface area (Å²) in [5.41, 5.74) is 3.65. The van der Waals surface area contributed by atoms with Gasteiger partial charge in [-0.2, -0.15) is 0 Å². The summed E-state index contributed by atoms with van der Waals surface area (Å²) in [6, 6.07) is 0.575. The van der Waals surface area contributed by atoms with Gasteiger partial charge in [0.15, 0.2) is 0 Å². The van der Waals surface area contributed by atoms with Gasteiger partial charge >= 0.3 is 0 Å². The van der Waals surface area contributed by atoms with Crippen LogP contribution in [0.5, 0.6) is 0 Å². The summed E-state index contributed by atoms with van der Waals surface area (Å²) in [5.74, 6) is 6.81. The van der Waals surface area contributed by atoms with Crippen molar-refractivity contribution in [1.29, 1.82) is 0 Å². The maximum absolute atomic E-state index is 5.77. The van der Waals surface area contributed by atoms with Gasteiger partial charge in [-0.15, -0.1) is 0 Å². The summed E-state index contributed by atoms with van der Waals surface area (Å²) >= 11 is 0. The molecule has 0 radical (unpaired) electrons. The molecular formula is C13H26N2. The van der Waals surface area contributed by atoms with Gasteiger partial charge < -0.3 is 0 Å². The highest BCUT2D eigenvalue weighted by atomic mass is 15.2. The van der Waals surface area contributed by atoms with Crippen LogP contribution < -0.4 is 11.3 Å². The highest BCUT2D eigenvalue weighted by molar-refractivity contribution is 4.93. The Morgan fingerprint density at radius 3 is 2.47 bits per heavy atom. The molecule has 1 atom stereocenters. The molecule has 2 fully saturated rings. The fourth-order valence-corrected chi connectivity index (χ4v) is 3.40. The molecule has 2 rings (SSSR count). The van der Waals surface area contributed by atoms with Crippen LogP contribution in [0.1, 0.15) is 64.7 Å². The lowest BCUT2D eigenvalue weighted by atomic mass is 9.74. The van der Waals surface area contributed by atoms with Crippen molar-refractivity contribution in [2.75, 3.05) is 0 Å². The van der Waals surface area contributed by atoms with E-state index in [2.05, 4.69) is 12.3 Å². The van der Waals surface area contributed by atoms with Gasteiger partial charge in [0.1, 0.15) is 0 Å². The van der Waals surface area contributed by atoms with Crippen molar-refractivity contribution in [2.45, 2.75) is 70.8 Å². The third kappa shape index (κ3) is 2.54. The van der Waals surface area contributed by atoms with Crippen LogP contribution in [0, 0.1) is 11.3 Å². The molecule has 2 aliphatic rings. The second kappa shape index (κ2) is 4.84. The van der Waals surface area contributed by atoms with Gasteiger partial charge in [0.25, 0.3) is 0 Å². The first-order chi connectivity index (χ1) is 7.30. The van der Waals surface area contributed by atoms with Crippen LogP contribution in [-0.4, -0.2) is 6.04 Å². The van der Waals surface area contributed by atoms with Crippen molar-refractivity contribution < 1.29 is 0 Å². The predicted octanol–water partition coefficient (Wildman–Crippen LogP) is 2.98. The molecule has 0 aliphatic heterocycles. The second-order valence-electron chi connectivity index (χ2n) is 5.66. The van der Waals surface area contributed by atoms with Crippen LogP contribution in [0.2, 0.25) is 0 Å². The van der Waals surface area contributed by atoms with Gasteiger partial charge in [-0.3, -0.25) is 11.3 Å². The number of hydrogen-bond donors (Lipinski definition) is 2. The fraction of sp³-hybridized carbons (Fsp3) is 1.00. The summed E-state index contributed by atoms with van der Waals surface area (Å²) in [6.45, 7) is 2.34. The second-order valence-corrected chi connectivity index (χ2v) is 5.66. The van der Waals surface area contributed by atoms with Crippen molar-refractivity contribution in [3.8, 4) is 0 Å². The third-order valence-corrected chi connectivity index (χ3v) is 4.80. The Balaban J connectivity index is 1.89. The van der Waals surface area contributed by atoms with Crippen LogP contribution >= 0.6 is 0 Å². The van der Waals surface area contributed by atoms with Crippen LogP contribution in [0.3, 0.4) is 0 Å². The Labute approximate surface area is 94.0 Å². The first-order valence-electron chi connectivity index (χ1n) is 6.77. The van der Waals surface area contributed by atoms with E-state index in [1.807, 2.05) is 0 Å². The fourth-order valence-electron chi connectivity index (χ4n) is 3.40. The molecule has 1 unspecified atom stereocenters. The minimum absolute atomic E-state index is 0.531. The molecular weight excluding hydrogens is 184 g/mol. The summed E-state index contributed by atoms with van der Waals surface area (Å²) in [6.07, 6.45) is 12.5. The van der Waals surface area contributed by atoms with E-state index < -0.39 is 0 Å². The van der Waals surface area contributed by atoms with E-state index in [1.165, 1.54) is 57.8 Å². The summed E-state index contributed by atoms with van der Waals surface area (Å²) < 4.78 is 0. The van der Waals surface area contributed by atoms with E-state index in [1.54, 1.807) is 0 Å². The van der Waals surface area contributed by atoms with E-state index in [0.29, 0.717) is 11.5 Å². The Kier molecular flexibility index (Phi) is 3.68. The summed E-state index contributed by atoms with van der Waals surface area (Å²) in [5, 5.41) is 0. The molecule has 0 aromatic rings. The van der Waals surface area contributed by atoms with Crippen LogP contribution in [-0.2, 0) is 0 Å². The average molecular weight is 210 g/mol. The molecule has 0 saturated heterocycles. The molecule has 3 N–H and O–H groups in total. The predicted molar refractivity (Wildman–Crippen MR) is 64.3 cm³/mol. The van der Waals surface area contributed by atoms with Gasteiger partial charge in [-0.1, -0.05) is 32.6 Å². The molecule has 88 valence electrons. The first-order valence-corrected chi connectivity index (χ1v) is 6.77.